The molecule has 8 heteroatoms. The second-order valence-electron chi connectivity index (χ2n) is 0.565. The van der Waals surface area contributed by atoms with Gasteiger partial charge in [-0.1, -0.05) is 0 Å². The number of rotatable bonds is 0. The van der Waals surface area contributed by atoms with Crippen LogP contribution >= 0.6 is 0 Å². The third-order valence-corrected chi connectivity index (χ3v) is 0. The summed E-state index contributed by atoms with van der Waals surface area (Å²) in [5, 5.41) is 27.9. The Morgan fingerprint density at radius 2 is 0.800 bits per heavy atom. The Hall–Kier alpha value is 1.85. The van der Waals surface area contributed by atoms with Crippen molar-refractivity contribution >= 4 is 119 Å². The molecule has 10 heavy (non-hydrogen) atoms. The van der Waals surface area contributed by atoms with Gasteiger partial charge in [0, 0.05) is 0 Å². The zero-order chi connectivity index (χ0) is 7.15. The van der Waals surface area contributed by atoms with Crippen molar-refractivity contribution in [3.8, 4) is 0 Å². The Kier molecular flexibility index (Phi) is 38.7. The average Bonchev–Trinajstić information content (AvgIpc) is 1.25. The van der Waals surface area contributed by atoms with E-state index in [-0.39, 0.29) is 107 Å². The van der Waals surface area contributed by atoms with Crippen LogP contribution in [0.2, 0.25) is 0 Å². The van der Waals surface area contributed by atoms with Crippen LogP contribution in [-0.2, 0) is 0 Å². The van der Waals surface area contributed by atoms with Gasteiger partial charge in [-0.15, -0.1) is 0 Å². The number of hydrogen-bond donors (Lipinski definition) is 4. The molecule has 0 fully saturated rings. The van der Waals surface area contributed by atoms with E-state index in [1.165, 1.54) is 0 Å². The van der Waals surface area contributed by atoms with E-state index >= 15 is 0 Å². The van der Waals surface area contributed by atoms with Gasteiger partial charge in [0.1, 0.15) is 0 Å². The molecule has 0 bridgehead atoms. The topological polar surface area (TPSA) is 115 Å². The first-order valence-corrected chi connectivity index (χ1v) is 1.30. The van der Waals surface area contributed by atoms with E-state index < -0.39 is 12.3 Å². The molecule has 0 aliphatic rings. The monoisotopic (exact) mass is 300 g/mol. The van der Waals surface area contributed by atoms with Crippen LogP contribution in [0.25, 0.3) is 0 Å². The first-order valence-electron chi connectivity index (χ1n) is 1.30. The number of hydrogen-bond acceptors (Lipinski definition) is 2. The molecular formula is C2H7CaCsO6. The minimum atomic E-state index is -1.83. The Morgan fingerprint density at radius 3 is 0.800 bits per heavy atom. The van der Waals surface area contributed by atoms with Crippen molar-refractivity contribution in [3.05, 3.63) is 0 Å². The van der Waals surface area contributed by atoms with Crippen molar-refractivity contribution in [3.63, 3.8) is 0 Å². The second kappa shape index (κ2) is 17.1. The van der Waals surface area contributed by atoms with E-state index in [4.69, 9.17) is 30.0 Å². The van der Waals surface area contributed by atoms with E-state index in [1.807, 2.05) is 0 Å². The number of carboxylic acid groups (broad SMARTS) is 4. The van der Waals surface area contributed by atoms with Gasteiger partial charge in [0.15, 0.2) is 0 Å². The molecule has 0 saturated heterocycles. The fourth-order valence-electron chi connectivity index (χ4n) is 0. The van der Waals surface area contributed by atoms with Crippen molar-refractivity contribution in [2.75, 3.05) is 0 Å². The SMILES string of the molecule is O=C(O)O.O=C(O)O.[CaH2].[CsH]. The molecule has 0 aromatic carbocycles. The van der Waals surface area contributed by atoms with Gasteiger partial charge < -0.3 is 20.4 Å². The standard InChI is InChI=1S/2CH2O3.Ca.Cs.3H/c2*2-1(3)4;;;;;/h2*(H2,2,3,4);;;;;. The van der Waals surface area contributed by atoms with Crippen LogP contribution in [0.15, 0.2) is 0 Å². The maximum absolute atomic E-state index is 8.56. The molecule has 0 aliphatic heterocycles. The predicted octanol–water partition coefficient (Wildman–Crippen LogP) is -1.12. The van der Waals surface area contributed by atoms with Crippen molar-refractivity contribution in [1.82, 2.24) is 0 Å². The van der Waals surface area contributed by atoms with Crippen LogP contribution < -0.4 is 0 Å². The molecule has 0 aromatic rings. The summed E-state index contributed by atoms with van der Waals surface area (Å²) in [4.78, 5) is 17.1. The fourth-order valence-corrected chi connectivity index (χ4v) is 0. The van der Waals surface area contributed by atoms with Crippen LogP contribution in [0.4, 0.5) is 9.59 Å². The van der Waals surface area contributed by atoms with Gasteiger partial charge in [-0.3, -0.25) is 0 Å². The molecule has 0 atom stereocenters. The fraction of sp³-hybridized carbons (Fsp3) is 0. The molecular weight excluding hydrogens is 293 g/mol. The molecule has 0 radical (unpaired) electrons. The summed E-state index contributed by atoms with van der Waals surface area (Å²) in [5.41, 5.74) is 0. The van der Waals surface area contributed by atoms with E-state index in [0.29, 0.717) is 0 Å². The van der Waals surface area contributed by atoms with Crippen LogP contribution in [0.5, 0.6) is 0 Å². The summed E-state index contributed by atoms with van der Waals surface area (Å²) < 4.78 is 0. The Labute approximate surface area is 145 Å². The first-order chi connectivity index (χ1) is 3.46. The summed E-state index contributed by atoms with van der Waals surface area (Å²) in [7, 11) is 0. The molecule has 0 unspecified atom stereocenters. The van der Waals surface area contributed by atoms with Gasteiger partial charge >= 0.3 is 119 Å². The molecule has 0 aliphatic carbocycles. The van der Waals surface area contributed by atoms with Crippen LogP contribution in [-0.4, -0.2) is 139 Å². The van der Waals surface area contributed by atoms with E-state index in [2.05, 4.69) is 0 Å². The van der Waals surface area contributed by atoms with Crippen molar-refractivity contribution in [1.29, 1.82) is 0 Å². The van der Waals surface area contributed by atoms with Gasteiger partial charge in [-0.05, 0) is 0 Å². The second-order valence-corrected chi connectivity index (χ2v) is 0.565. The molecule has 0 spiro atoms. The summed E-state index contributed by atoms with van der Waals surface area (Å²) in [6.07, 6.45) is -3.67. The predicted molar refractivity (Wildman–Crippen MR) is 37.0 cm³/mol. The Morgan fingerprint density at radius 1 is 0.800 bits per heavy atom. The molecule has 0 heterocycles. The summed E-state index contributed by atoms with van der Waals surface area (Å²) in [6.45, 7) is 0. The Bertz CT molecular complexity index is 73.7. The summed E-state index contributed by atoms with van der Waals surface area (Å²) >= 11 is 0. The normalized spacial score (nSPS) is 4.80. The van der Waals surface area contributed by atoms with Gasteiger partial charge in [-0.2, -0.15) is 0 Å². The molecule has 6 nitrogen and oxygen atoms in total. The third kappa shape index (κ3) is 225. The molecule has 0 amide bonds. The zero-order valence-electron chi connectivity index (χ0n) is 3.61. The van der Waals surface area contributed by atoms with Crippen molar-refractivity contribution in [2.24, 2.45) is 0 Å². The van der Waals surface area contributed by atoms with Gasteiger partial charge in [0.2, 0.25) is 0 Å². The summed E-state index contributed by atoms with van der Waals surface area (Å²) in [5.74, 6) is 0. The van der Waals surface area contributed by atoms with Gasteiger partial charge in [0.05, 0.1) is 0 Å². The average molecular weight is 300 g/mol. The maximum atomic E-state index is 8.56. The van der Waals surface area contributed by atoms with Crippen LogP contribution in [0, 0.1) is 0 Å². The van der Waals surface area contributed by atoms with Gasteiger partial charge in [0.25, 0.3) is 0 Å². The minimum absolute atomic E-state index is 0. The van der Waals surface area contributed by atoms with Gasteiger partial charge in [-0.25, -0.2) is 9.59 Å². The van der Waals surface area contributed by atoms with E-state index in [1.54, 1.807) is 0 Å². The first kappa shape index (κ1) is 22.6. The molecule has 54 valence electrons. The van der Waals surface area contributed by atoms with Crippen LogP contribution in [0.3, 0.4) is 0 Å². The molecule has 0 aromatic heterocycles. The summed E-state index contributed by atoms with van der Waals surface area (Å²) in [6, 6.07) is 0. The van der Waals surface area contributed by atoms with E-state index in [9.17, 15) is 0 Å². The third-order valence-electron chi connectivity index (χ3n) is 0. The number of carbonyl (C=O) groups is 2. The molecule has 0 rings (SSSR count). The molecule has 4 N–H and O–H groups in total. The van der Waals surface area contributed by atoms with E-state index in [0.717, 1.165) is 0 Å². The van der Waals surface area contributed by atoms with Crippen LogP contribution in [0.1, 0.15) is 0 Å². The zero-order valence-corrected chi connectivity index (χ0v) is 3.61. The molecule has 0 saturated carbocycles. The van der Waals surface area contributed by atoms with Crippen molar-refractivity contribution in [2.45, 2.75) is 0 Å². The van der Waals surface area contributed by atoms with Crippen molar-refractivity contribution < 1.29 is 30.0 Å². The quantitative estimate of drug-likeness (QED) is 0.421. The Balaban J connectivity index is -0.0000000300.